The lowest BCUT2D eigenvalue weighted by Gasteiger charge is -2.20. The van der Waals surface area contributed by atoms with E-state index < -0.39 is 36.0 Å². The van der Waals surface area contributed by atoms with Crippen LogP contribution in [0, 0.1) is 23.4 Å². The third-order valence-corrected chi connectivity index (χ3v) is 3.61. The van der Waals surface area contributed by atoms with Crippen molar-refractivity contribution in [3.05, 3.63) is 35.1 Å². The highest BCUT2D eigenvalue weighted by atomic mass is 19.2. The molecule has 0 aliphatic rings. The second kappa shape index (κ2) is 10.1. The number of benzene rings is 1. The minimum atomic E-state index is -1.32. The van der Waals surface area contributed by atoms with Crippen molar-refractivity contribution in [3.8, 4) is 0 Å². The first-order valence-electron chi connectivity index (χ1n) is 8.23. The number of hydrogen-bond donors (Lipinski definition) is 0. The molecule has 0 spiro atoms. The summed E-state index contributed by atoms with van der Waals surface area (Å²) < 4.78 is 49.4. The topological polar surface area (TPSA) is 52.6 Å². The maximum atomic E-state index is 13.4. The summed E-state index contributed by atoms with van der Waals surface area (Å²) in [7, 11) is 0. The third-order valence-electron chi connectivity index (χ3n) is 3.61. The fraction of sp³-hybridized carbons (Fsp3) is 0.556. The van der Waals surface area contributed by atoms with Crippen molar-refractivity contribution < 1.29 is 32.2 Å². The molecule has 1 atom stereocenters. The first-order chi connectivity index (χ1) is 11.7. The molecule has 0 fully saturated rings. The van der Waals surface area contributed by atoms with E-state index in [1.165, 1.54) is 0 Å². The lowest BCUT2D eigenvalue weighted by atomic mass is 10.0. The molecule has 0 bridgehead atoms. The van der Waals surface area contributed by atoms with Gasteiger partial charge in [-0.25, -0.2) is 13.2 Å². The molecule has 4 nitrogen and oxygen atoms in total. The number of hydrogen-bond acceptors (Lipinski definition) is 4. The van der Waals surface area contributed by atoms with Gasteiger partial charge in [0.1, 0.15) is 18.5 Å². The zero-order chi connectivity index (χ0) is 19.0. The molecule has 0 heterocycles. The monoisotopic (exact) mass is 360 g/mol. The summed E-state index contributed by atoms with van der Waals surface area (Å²) in [5.74, 6) is -4.65. The van der Waals surface area contributed by atoms with Crippen molar-refractivity contribution in [3.63, 3.8) is 0 Å². The van der Waals surface area contributed by atoms with Gasteiger partial charge >= 0.3 is 11.9 Å². The van der Waals surface area contributed by atoms with E-state index in [4.69, 9.17) is 9.47 Å². The van der Waals surface area contributed by atoms with Gasteiger partial charge in [0.05, 0.1) is 12.8 Å². The highest BCUT2D eigenvalue weighted by Crippen LogP contribution is 2.16. The zero-order valence-corrected chi connectivity index (χ0v) is 14.6. The van der Waals surface area contributed by atoms with E-state index >= 15 is 0 Å². The van der Waals surface area contributed by atoms with E-state index in [0.717, 1.165) is 12.8 Å². The standard InChI is InChI=1S/C18H23F3O4/c1-4-5-16(11(2)3)25-18(23)7-6-17(22)24-10-12-8-14(20)15(21)9-13(12)19/h8-9,11,16H,4-7,10H2,1-3H3. The summed E-state index contributed by atoms with van der Waals surface area (Å²) in [4.78, 5) is 23.4. The Balaban J connectivity index is 2.42. The van der Waals surface area contributed by atoms with E-state index in [-0.39, 0.29) is 30.4 Å². The first-order valence-corrected chi connectivity index (χ1v) is 8.23. The van der Waals surface area contributed by atoms with Crippen LogP contribution in [0.1, 0.15) is 52.0 Å². The molecule has 0 saturated heterocycles. The second-order valence-corrected chi connectivity index (χ2v) is 6.08. The highest BCUT2D eigenvalue weighted by molar-refractivity contribution is 5.77. The molecule has 140 valence electrons. The number of ether oxygens (including phenoxy) is 2. The maximum absolute atomic E-state index is 13.4. The fourth-order valence-corrected chi connectivity index (χ4v) is 2.15. The molecule has 0 amide bonds. The molecule has 0 aliphatic heterocycles. The summed E-state index contributed by atoms with van der Waals surface area (Å²) >= 11 is 0. The Kier molecular flexibility index (Phi) is 8.45. The maximum Gasteiger partial charge on any atom is 0.306 e. The van der Waals surface area contributed by atoms with Gasteiger partial charge in [-0.1, -0.05) is 27.2 Å². The molecular formula is C18H23F3O4. The average molecular weight is 360 g/mol. The van der Waals surface area contributed by atoms with Crippen LogP contribution in [-0.4, -0.2) is 18.0 Å². The van der Waals surface area contributed by atoms with Crippen LogP contribution in [0.25, 0.3) is 0 Å². The van der Waals surface area contributed by atoms with Gasteiger partial charge in [0.2, 0.25) is 0 Å². The van der Waals surface area contributed by atoms with Crippen molar-refractivity contribution >= 4 is 11.9 Å². The number of esters is 2. The van der Waals surface area contributed by atoms with Gasteiger partial charge < -0.3 is 9.47 Å². The van der Waals surface area contributed by atoms with E-state index in [2.05, 4.69) is 0 Å². The number of rotatable bonds is 9. The van der Waals surface area contributed by atoms with Gasteiger partial charge in [-0.3, -0.25) is 9.59 Å². The zero-order valence-electron chi connectivity index (χ0n) is 14.6. The van der Waals surface area contributed by atoms with Crippen LogP contribution in [0.2, 0.25) is 0 Å². The fourth-order valence-electron chi connectivity index (χ4n) is 2.15. The molecule has 0 aromatic heterocycles. The average Bonchev–Trinajstić information content (AvgIpc) is 2.54. The summed E-state index contributed by atoms with van der Waals surface area (Å²) in [6.07, 6.45) is 1.01. The SMILES string of the molecule is CCCC(OC(=O)CCC(=O)OCc1cc(F)c(F)cc1F)C(C)C. The van der Waals surface area contributed by atoms with Gasteiger partial charge in [0, 0.05) is 11.6 Å². The van der Waals surface area contributed by atoms with Gasteiger partial charge in [-0.15, -0.1) is 0 Å². The van der Waals surface area contributed by atoms with Crippen molar-refractivity contribution in [2.45, 2.75) is 59.2 Å². The molecule has 1 aromatic carbocycles. The Labute approximate surface area is 145 Å². The lowest BCUT2D eigenvalue weighted by Crippen LogP contribution is -2.24. The third kappa shape index (κ3) is 7.15. The summed E-state index contributed by atoms with van der Waals surface area (Å²) in [5, 5.41) is 0. The molecule has 1 aromatic rings. The predicted molar refractivity (Wildman–Crippen MR) is 85.0 cm³/mol. The molecule has 0 saturated carbocycles. The van der Waals surface area contributed by atoms with Gasteiger partial charge in [-0.2, -0.15) is 0 Å². The quantitative estimate of drug-likeness (QED) is 0.487. The predicted octanol–water partition coefficient (Wildman–Crippen LogP) is 4.30. The van der Waals surface area contributed by atoms with Gasteiger partial charge in [0.15, 0.2) is 11.6 Å². The Bertz CT molecular complexity index is 602. The Morgan fingerprint density at radius 3 is 2.20 bits per heavy atom. The van der Waals surface area contributed by atoms with Crippen LogP contribution in [0.3, 0.4) is 0 Å². The lowest BCUT2D eigenvalue weighted by molar-refractivity contribution is -0.156. The Morgan fingerprint density at radius 1 is 1.00 bits per heavy atom. The van der Waals surface area contributed by atoms with Crippen molar-refractivity contribution in [1.29, 1.82) is 0 Å². The van der Waals surface area contributed by atoms with Gasteiger partial charge in [-0.05, 0) is 18.4 Å². The van der Waals surface area contributed by atoms with Crippen molar-refractivity contribution in [2.24, 2.45) is 5.92 Å². The minimum Gasteiger partial charge on any atom is -0.462 e. The summed E-state index contributed by atoms with van der Waals surface area (Å²) in [6, 6.07) is 1.01. The first kappa shape index (κ1) is 21.0. The Morgan fingerprint density at radius 2 is 1.60 bits per heavy atom. The van der Waals surface area contributed by atoms with Crippen molar-refractivity contribution in [1.82, 2.24) is 0 Å². The molecule has 0 aliphatic carbocycles. The van der Waals surface area contributed by atoms with Crippen LogP contribution >= 0.6 is 0 Å². The Hall–Kier alpha value is -2.05. The largest absolute Gasteiger partial charge is 0.462 e. The summed E-state index contributed by atoms with van der Waals surface area (Å²) in [6.45, 7) is 5.33. The second-order valence-electron chi connectivity index (χ2n) is 6.08. The van der Waals surface area contributed by atoms with Crippen molar-refractivity contribution in [2.75, 3.05) is 0 Å². The molecule has 7 heteroatoms. The molecule has 1 rings (SSSR count). The van der Waals surface area contributed by atoms with Crippen LogP contribution in [0.15, 0.2) is 12.1 Å². The van der Waals surface area contributed by atoms with E-state index in [1.54, 1.807) is 0 Å². The minimum absolute atomic E-state index is 0.161. The number of carbonyl (C=O) groups is 2. The molecule has 25 heavy (non-hydrogen) atoms. The smallest absolute Gasteiger partial charge is 0.306 e. The molecule has 1 unspecified atom stereocenters. The molecule has 0 radical (unpaired) electrons. The van der Waals surface area contributed by atoms with Crippen LogP contribution in [0.4, 0.5) is 13.2 Å². The number of carbonyl (C=O) groups excluding carboxylic acids is 2. The van der Waals surface area contributed by atoms with E-state index in [1.807, 2.05) is 20.8 Å². The molecule has 0 N–H and O–H groups in total. The summed E-state index contributed by atoms with van der Waals surface area (Å²) in [5.41, 5.74) is -0.280. The number of halogens is 3. The van der Waals surface area contributed by atoms with Gasteiger partial charge in [0.25, 0.3) is 0 Å². The van der Waals surface area contributed by atoms with Crippen LogP contribution in [-0.2, 0) is 25.7 Å². The van der Waals surface area contributed by atoms with Crippen LogP contribution in [0.5, 0.6) is 0 Å². The van der Waals surface area contributed by atoms with Crippen LogP contribution < -0.4 is 0 Å². The van der Waals surface area contributed by atoms with E-state index in [0.29, 0.717) is 12.1 Å². The normalized spacial score (nSPS) is 12.1. The highest BCUT2D eigenvalue weighted by Gasteiger charge is 2.19. The molecular weight excluding hydrogens is 337 g/mol. The van der Waals surface area contributed by atoms with E-state index in [9.17, 15) is 22.8 Å².